The minimum atomic E-state index is -0.223. The lowest BCUT2D eigenvalue weighted by molar-refractivity contribution is -0.137. The number of nitrogens with one attached hydrogen (secondary N) is 2. The molecule has 0 unspecified atom stereocenters. The van der Waals surface area contributed by atoms with Gasteiger partial charge in [0.1, 0.15) is 11.4 Å². The molecule has 4 aromatic rings. The number of likely N-dealkylation sites (N-methyl/N-ethyl adjacent to an activating group) is 2. The van der Waals surface area contributed by atoms with Gasteiger partial charge >= 0.3 is 0 Å². The zero-order valence-electron chi connectivity index (χ0n) is 34.8. The summed E-state index contributed by atoms with van der Waals surface area (Å²) in [5.74, 6) is -0.889. The van der Waals surface area contributed by atoms with E-state index >= 15 is 0 Å². The van der Waals surface area contributed by atoms with E-state index in [4.69, 9.17) is 0 Å². The molecule has 9 heterocycles. The second kappa shape index (κ2) is 16.8. The number of para-hydroxylation sites is 2. The van der Waals surface area contributed by atoms with E-state index in [0.29, 0.717) is 48.7 Å². The third-order valence-corrected chi connectivity index (χ3v) is 13.5. The number of carbonyl (C=O) groups excluding carboxylic acids is 4. The van der Waals surface area contributed by atoms with E-state index in [0.717, 1.165) is 116 Å². The van der Waals surface area contributed by atoms with Crippen molar-refractivity contribution in [1.82, 2.24) is 39.4 Å². The summed E-state index contributed by atoms with van der Waals surface area (Å²) in [6.45, 7) is 6.42. The first-order chi connectivity index (χ1) is 28.8. The van der Waals surface area contributed by atoms with Crippen molar-refractivity contribution in [2.24, 2.45) is 0 Å². The number of aryl methyl sites for hydroxylation is 2. The van der Waals surface area contributed by atoms with Gasteiger partial charge in [0.15, 0.2) is 0 Å². The van der Waals surface area contributed by atoms with Gasteiger partial charge in [0.25, 0.3) is 23.6 Å². The number of hydrogen-bond acceptors (Lipinski definition) is 8. The summed E-state index contributed by atoms with van der Waals surface area (Å²) in [7, 11) is 3.22. The van der Waals surface area contributed by atoms with Gasteiger partial charge < -0.3 is 19.8 Å². The van der Waals surface area contributed by atoms with Gasteiger partial charge in [0.2, 0.25) is 0 Å². The summed E-state index contributed by atoms with van der Waals surface area (Å²) >= 11 is 0. The van der Waals surface area contributed by atoms with Crippen molar-refractivity contribution in [3.05, 3.63) is 82.4 Å². The predicted molar refractivity (Wildman–Crippen MR) is 231 cm³/mol. The number of hydrogen-bond donors (Lipinski definition) is 2. The molecule has 2 aromatic carbocycles. The summed E-state index contributed by atoms with van der Waals surface area (Å²) in [5.41, 5.74) is 8.04. The third-order valence-electron chi connectivity index (χ3n) is 13.5. The van der Waals surface area contributed by atoms with Crippen LogP contribution >= 0.6 is 0 Å². The lowest BCUT2D eigenvalue weighted by Crippen LogP contribution is -2.54. The lowest BCUT2D eigenvalue weighted by atomic mass is 9.97. The molecule has 12 heteroatoms. The highest BCUT2D eigenvalue weighted by Gasteiger charge is 2.44. The Morgan fingerprint density at radius 3 is 1.19 bits per heavy atom. The molecule has 0 aliphatic carbocycles. The highest BCUT2D eigenvalue weighted by atomic mass is 16.2. The highest BCUT2D eigenvalue weighted by Crippen LogP contribution is 2.40. The Morgan fingerprint density at radius 2 is 0.797 bits per heavy atom. The van der Waals surface area contributed by atoms with Gasteiger partial charge in [-0.05, 0) is 37.8 Å². The van der Waals surface area contributed by atoms with Crippen LogP contribution in [0.4, 0.5) is 0 Å². The molecule has 4 bridgehead atoms. The first kappa shape index (κ1) is 39.3. The molecule has 4 amide bonds. The standard InChI is InChI=1S/C47H58N8O4/c1-50-44(56)40-38-32-17-13-15-19-34(32)48-36(38)21-11-9-7-5-3-4-6-8-10-12-22-37-39(33-18-14-16-20-35(33)49-37)41-43(47(59)51(2)45(41)57)55-29-25-53(26-30-55)31-52-23-27-54(28-24-52)42(40)46(50)58/h13-20,48-49H,3-12,21-31H2,1-2H3. The monoisotopic (exact) mass is 798 g/mol. The molecule has 310 valence electrons. The van der Waals surface area contributed by atoms with E-state index in [-0.39, 0.29) is 23.6 Å². The number of rotatable bonds is 0. The van der Waals surface area contributed by atoms with Crippen LogP contribution in [0.5, 0.6) is 0 Å². The molecule has 7 aliphatic rings. The van der Waals surface area contributed by atoms with Gasteiger partial charge in [-0.3, -0.25) is 38.8 Å². The topological polar surface area (TPSA) is 119 Å². The molecule has 0 atom stereocenters. The fraction of sp³-hybridized carbons (Fsp3) is 0.489. The molecule has 12 nitrogen and oxygen atoms in total. The number of fused-ring (bicyclic) bond motifs is 4. The largest absolute Gasteiger partial charge is 0.364 e. The van der Waals surface area contributed by atoms with Gasteiger partial charge in [-0.2, -0.15) is 0 Å². The maximum absolute atomic E-state index is 14.0. The highest BCUT2D eigenvalue weighted by molar-refractivity contribution is 6.38. The minimum Gasteiger partial charge on any atom is -0.364 e. The molecule has 0 saturated carbocycles. The number of carbonyl (C=O) groups is 4. The number of benzene rings is 2. The number of aromatic nitrogens is 2. The van der Waals surface area contributed by atoms with Crippen LogP contribution < -0.4 is 0 Å². The normalized spacial score (nSPS) is 23.6. The van der Waals surface area contributed by atoms with Crippen LogP contribution in [-0.2, 0) is 32.0 Å². The Labute approximate surface area is 346 Å². The summed E-state index contributed by atoms with van der Waals surface area (Å²) in [4.78, 5) is 74.8. The van der Waals surface area contributed by atoms with E-state index in [9.17, 15) is 19.2 Å². The predicted octanol–water partition coefficient (Wildman–Crippen LogP) is 5.96. The molecule has 2 aromatic heterocycles. The summed E-state index contributed by atoms with van der Waals surface area (Å²) < 4.78 is 0. The van der Waals surface area contributed by atoms with Crippen LogP contribution in [0.25, 0.3) is 33.0 Å². The molecule has 7 aliphatic heterocycles. The van der Waals surface area contributed by atoms with Crippen LogP contribution in [0.2, 0.25) is 0 Å². The summed E-state index contributed by atoms with van der Waals surface area (Å²) in [6, 6.07) is 16.3. The maximum atomic E-state index is 14.0. The molecule has 2 fully saturated rings. The van der Waals surface area contributed by atoms with E-state index in [1.54, 1.807) is 14.1 Å². The Balaban J connectivity index is 0.983. The average Bonchev–Trinajstić information content (AvgIpc) is 3.93. The van der Waals surface area contributed by atoms with Crippen LogP contribution in [0.3, 0.4) is 0 Å². The van der Waals surface area contributed by atoms with Gasteiger partial charge in [-0.15, -0.1) is 0 Å². The number of piperazine rings is 2. The lowest BCUT2D eigenvalue weighted by Gasteiger charge is -2.41. The van der Waals surface area contributed by atoms with Gasteiger partial charge in [0, 0.05) is 111 Å². The quantitative estimate of drug-likeness (QED) is 0.210. The Kier molecular flexibility index (Phi) is 11.2. The van der Waals surface area contributed by atoms with Crippen molar-refractivity contribution < 1.29 is 19.2 Å². The Bertz CT molecular complexity index is 2170. The van der Waals surface area contributed by atoms with E-state index in [1.807, 2.05) is 24.3 Å². The SMILES string of the molecule is CN1C(=O)C2=C(C1=O)N1CCN(CC1)CN1CCN(CC1)C1=C(C(=O)N(C)C1=O)c1c([nH]c3ccccc13)CCCCCCCCCCCCc1[nH]c3ccccc3c12. The van der Waals surface area contributed by atoms with Gasteiger partial charge in [-0.1, -0.05) is 87.8 Å². The van der Waals surface area contributed by atoms with Crippen LogP contribution in [0, 0.1) is 0 Å². The van der Waals surface area contributed by atoms with E-state index < -0.39 is 0 Å². The molecule has 0 spiro atoms. The van der Waals surface area contributed by atoms with Crippen molar-refractivity contribution in [3.8, 4) is 0 Å². The summed E-state index contributed by atoms with van der Waals surface area (Å²) in [6.07, 6.45) is 13.2. The molecule has 2 saturated heterocycles. The van der Waals surface area contributed by atoms with Crippen LogP contribution in [0.1, 0.15) is 86.7 Å². The number of aromatic amines is 2. The molecular weight excluding hydrogens is 741 g/mol. The second-order valence-electron chi connectivity index (χ2n) is 17.2. The molecule has 11 rings (SSSR count). The Hall–Kier alpha value is -5.20. The van der Waals surface area contributed by atoms with Crippen LogP contribution in [0.15, 0.2) is 59.9 Å². The zero-order valence-corrected chi connectivity index (χ0v) is 34.8. The maximum Gasteiger partial charge on any atom is 0.277 e. The first-order valence-corrected chi connectivity index (χ1v) is 22.1. The fourth-order valence-electron chi connectivity index (χ4n) is 10.2. The number of nitrogens with zero attached hydrogens (tertiary/aromatic N) is 6. The van der Waals surface area contributed by atoms with Crippen LogP contribution in [-0.4, -0.2) is 136 Å². The average molecular weight is 799 g/mol. The van der Waals surface area contributed by atoms with Gasteiger partial charge in [0.05, 0.1) is 17.8 Å². The summed E-state index contributed by atoms with van der Waals surface area (Å²) in [5, 5.41) is 2.00. The number of amides is 4. The number of imide groups is 2. The second-order valence-corrected chi connectivity index (χ2v) is 17.2. The molecule has 0 radical (unpaired) electrons. The number of H-pyrrole nitrogens is 2. The van der Waals surface area contributed by atoms with Gasteiger partial charge in [-0.25, -0.2) is 0 Å². The Morgan fingerprint density at radius 1 is 0.441 bits per heavy atom. The molecular formula is C47H58N8O4. The molecule has 59 heavy (non-hydrogen) atoms. The van der Waals surface area contributed by atoms with Crippen molar-refractivity contribution >= 4 is 56.6 Å². The van der Waals surface area contributed by atoms with Crippen molar-refractivity contribution in [3.63, 3.8) is 0 Å². The van der Waals surface area contributed by atoms with E-state index in [2.05, 4.69) is 53.8 Å². The zero-order chi connectivity index (χ0) is 40.6. The first-order valence-electron chi connectivity index (χ1n) is 22.1. The van der Waals surface area contributed by atoms with E-state index in [1.165, 1.54) is 48.3 Å². The third kappa shape index (κ3) is 7.39. The minimum absolute atomic E-state index is 0.222. The molecule has 2 N–H and O–H groups in total. The fourth-order valence-corrected chi connectivity index (χ4v) is 10.2. The smallest absolute Gasteiger partial charge is 0.277 e. The van der Waals surface area contributed by atoms with Crippen molar-refractivity contribution in [1.29, 1.82) is 0 Å². The van der Waals surface area contributed by atoms with Crippen molar-refractivity contribution in [2.45, 2.75) is 77.0 Å². The van der Waals surface area contributed by atoms with Crippen molar-refractivity contribution in [2.75, 3.05) is 73.1 Å².